The minimum absolute atomic E-state index is 0.138. The molecule has 1 amide bonds. The highest BCUT2D eigenvalue weighted by Gasteiger charge is 2.31. The first-order valence-electron chi connectivity index (χ1n) is 13.6. The van der Waals surface area contributed by atoms with Gasteiger partial charge < -0.3 is 20.3 Å². The van der Waals surface area contributed by atoms with Crippen LogP contribution in [-0.4, -0.2) is 68.2 Å². The number of anilines is 1. The molecule has 2 aromatic carbocycles. The predicted octanol–water partition coefficient (Wildman–Crippen LogP) is 4.82. The Hall–Kier alpha value is -4.75. The molecule has 0 unspecified atom stereocenters. The third-order valence-corrected chi connectivity index (χ3v) is 7.66. The molecule has 10 heteroatoms. The lowest BCUT2D eigenvalue weighted by atomic mass is 9.98. The summed E-state index contributed by atoms with van der Waals surface area (Å²) in [5, 5.41) is 15.4. The van der Waals surface area contributed by atoms with Crippen molar-refractivity contribution in [1.82, 2.24) is 29.5 Å². The number of carbonyl (C=O) groups excluding carboxylic acids is 1. The van der Waals surface area contributed by atoms with Crippen molar-refractivity contribution in [2.24, 2.45) is 0 Å². The molecule has 10 nitrogen and oxygen atoms in total. The van der Waals surface area contributed by atoms with Crippen molar-refractivity contribution in [2.75, 3.05) is 32.9 Å². The lowest BCUT2D eigenvalue weighted by Crippen LogP contribution is -2.43. The molecular formula is C31H34N8O2. The van der Waals surface area contributed by atoms with Gasteiger partial charge in [-0.15, -0.1) is 0 Å². The Morgan fingerprint density at radius 3 is 2.51 bits per heavy atom. The van der Waals surface area contributed by atoms with Crippen LogP contribution >= 0.6 is 0 Å². The first-order chi connectivity index (χ1) is 19.7. The summed E-state index contributed by atoms with van der Waals surface area (Å²) in [5.41, 5.74) is 8.16. The van der Waals surface area contributed by atoms with Crippen LogP contribution in [0.25, 0.3) is 22.3 Å². The van der Waals surface area contributed by atoms with E-state index in [0.29, 0.717) is 41.4 Å². The minimum atomic E-state index is -0.445. The number of nitrogens with two attached hydrogens (primary N) is 1. The zero-order valence-corrected chi connectivity index (χ0v) is 23.8. The Labute approximate surface area is 239 Å². The fraction of sp³-hybridized carbons (Fsp3) is 0.323. The third-order valence-electron chi connectivity index (χ3n) is 7.66. The Kier molecular flexibility index (Phi) is 7.72. The van der Waals surface area contributed by atoms with Crippen LogP contribution in [0.15, 0.2) is 72.6 Å². The number of nitrogen functional groups attached to an aromatic ring is 1. The zero-order chi connectivity index (χ0) is 29.1. The van der Waals surface area contributed by atoms with E-state index in [1.807, 2.05) is 92.1 Å². The Morgan fingerprint density at radius 2 is 1.83 bits per heavy atom. The fourth-order valence-corrected chi connectivity index (χ4v) is 4.89. The number of nitrogens with zero attached hydrogens (tertiary/aromatic N) is 7. The van der Waals surface area contributed by atoms with E-state index in [2.05, 4.69) is 16.0 Å². The number of ether oxygens (including phenoxy) is 1. The maximum absolute atomic E-state index is 13.4. The zero-order valence-electron chi connectivity index (χ0n) is 23.8. The number of para-hydroxylation sites is 1. The number of hydrogen-bond donors (Lipinski definition) is 1. The second kappa shape index (κ2) is 11.4. The number of rotatable bonds is 7. The summed E-state index contributed by atoms with van der Waals surface area (Å²) in [6.45, 7) is 4.92. The van der Waals surface area contributed by atoms with E-state index < -0.39 is 5.54 Å². The standard InChI is InChI=1S/C31H34N8O2/c1-31(2,37(3)4)17-22(18-32)30(40)38-16-8-9-23(19-38)39-29-26(28(33)34-20-35-29)27(36-39)21-12-14-25(15-13-21)41-24-10-6-5-7-11-24/h5-7,10-15,17,20,23H,8-9,16,19H2,1-4H3,(H2,33,34,35)/t23-/m1/s1. The predicted molar refractivity (Wildman–Crippen MR) is 158 cm³/mol. The molecule has 0 bridgehead atoms. The largest absolute Gasteiger partial charge is 0.457 e. The molecule has 1 atom stereocenters. The molecule has 41 heavy (non-hydrogen) atoms. The SMILES string of the molecule is CN(C)C(C)(C)C=C(C#N)C(=O)N1CCC[C@@H](n2nc(-c3ccc(Oc4ccccc4)cc3)c3c(N)ncnc32)C1. The van der Waals surface area contributed by atoms with Gasteiger partial charge in [0.1, 0.15) is 41.0 Å². The van der Waals surface area contributed by atoms with Gasteiger partial charge in [-0.05, 0) is 83.3 Å². The number of benzene rings is 2. The first kappa shape index (κ1) is 27.8. The van der Waals surface area contributed by atoms with E-state index in [4.69, 9.17) is 15.6 Å². The number of hydrogen-bond acceptors (Lipinski definition) is 8. The first-order valence-corrected chi connectivity index (χ1v) is 13.6. The van der Waals surface area contributed by atoms with Crippen LogP contribution in [0.3, 0.4) is 0 Å². The van der Waals surface area contributed by atoms with E-state index in [1.54, 1.807) is 11.0 Å². The van der Waals surface area contributed by atoms with Gasteiger partial charge in [0.05, 0.1) is 11.4 Å². The number of carbonyl (C=O) groups is 1. The van der Waals surface area contributed by atoms with Crippen LogP contribution in [0.4, 0.5) is 5.82 Å². The summed E-state index contributed by atoms with van der Waals surface area (Å²) in [4.78, 5) is 25.9. The summed E-state index contributed by atoms with van der Waals surface area (Å²) in [7, 11) is 3.84. The molecule has 2 aromatic heterocycles. The van der Waals surface area contributed by atoms with Crippen LogP contribution < -0.4 is 10.5 Å². The average molecular weight is 551 g/mol. The van der Waals surface area contributed by atoms with Crippen molar-refractivity contribution in [1.29, 1.82) is 5.26 Å². The molecule has 1 aliphatic heterocycles. The number of amides is 1. The highest BCUT2D eigenvalue weighted by Crippen LogP contribution is 2.35. The second-order valence-corrected chi connectivity index (χ2v) is 11.0. The highest BCUT2D eigenvalue weighted by atomic mass is 16.5. The van der Waals surface area contributed by atoms with E-state index in [-0.39, 0.29) is 17.5 Å². The van der Waals surface area contributed by atoms with E-state index in [0.717, 1.165) is 24.2 Å². The van der Waals surface area contributed by atoms with Gasteiger partial charge in [-0.3, -0.25) is 4.79 Å². The lowest BCUT2D eigenvalue weighted by Gasteiger charge is -2.34. The summed E-state index contributed by atoms with van der Waals surface area (Å²) in [6, 6.07) is 19.2. The Bertz CT molecular complexity index is 1620. The molecule has 1 saturated heterocycles. The third kappa shape index (κ3) is 5.76. The van der Waals surface area contributed by atoms with Crippen molar-refractivity contribution < 1.29 is 9.53 Å². The molecule has 3 heterocycles. The quantitative estimate of drug-likeness (QED) is 0.256. The smallest absolute Gasteiger partial charge is 0.264 e. The van der Waals surface area contributed by atoms with Crippen molar-refractivity contribution in [3.8, 4) is 28.8 Å². The highest BCUT2D eigenvalue weighted by molar-refractivity contribution is 5.99. The summed E-state index contributed by atoms with van der Waals surface area (Å²) in [6.07, 6.45) is 4.75. The lowest BCUT2D eigenvalue weighted by molar-refractivity contribution is -0.128. The van der Waals surface area contributed by atoms with Gasteiger partial charge >= 0.3 is 0 Å². The molecule has 0 aliphatic carbocycles. The minimum Gasteiger partial charge on any atom is -0.457 e. The van der Waals surface area contributed by atoms with Crippen LogP contribution in [0.2, 0.25) is 0 Å². The van der Waals surface area contributed by atoms with Gasteiger partial charge in [0.15, 0.2) is 5.65 Å². The molecular weight excluding hydrogens is 516 g/mol. The second-order valence-electron chi connectivity index (χ2n) is 11.0. The average Bonchev–Trinajstić information content (AvgIpc) is 3.37. The number of piperidine rings is 1. The number of aromatic nitrogens is 4. The maximum Gasteiger partial charge on any atom is 0.264 e. The van der Waals surface area contributed by atoms with E-state index in [1.165, 1.54) is 6.33 Å². The van der Waals surface area contributed by atoms with Crippen LogP contribution in [0.1, 0.15) is 32.7 Å². The summed E-state index contributed by atoms with van der Waals surface area (Å²) >= 11 is 0. The summed E-state index contributed by atoms with van der Waals surface area (Å²) < 4.78 is 7.80. The molecule has 2 N–H and O–H groups in total. The van der Waals surface area contributed by atoms with E-state index in [9.17, 15) is 10.1 Å². The van der Waals surface area contributed by atoms with Gasteiger partial charge in [-0.2, -0.15) is 10.4 Å². The van der Waals surface area contributed by atoms with E-state index >= 15 is 0 Å². The van der Waals surface area contributed by atoms with Crippen LogP contribution in [-0.2, 0) is 4.79 Å². The monoisotopic (exact) mass is 550 g/mol. The van der Waals surface area contributed by atoms with Crippen molar-refractivity contribution in [3.63, 3.8) is 0 Å². The van der Waals surface area contributed by atoms with Crippen molar-refractivity contribution >= 4 is 22.8 Å². The number of nitriles is 1. The molecule has 5 rings (SSSR count). The summed E-state index contributed by atoms with van der Waals surface area (Å²) in [5.74, 6) is 1.52. The van der Waals surface area contributed by atoms with Gasteiger partial charge in [0, 0.05) is 24.2 Å². The fourth-order valence-electron chi connectivity index (χ4n) is 4.89. The van der Waals surface area contributed by atoms with Crippen molar-refractivity contribution in [2.45, 2.75) is 38.3 Å². The number of fused-ring (bicyclic) bond motifs is 1. The molecule has 0 saturated carbocycles. The van der Waals surface area contributed by atoms with Gasteiger partial charge in [0.25, 0.3) is 5.91 Å². The topological polar surface area (TPSA) is 126 Å². The van der Waals surface area contributed by atoms with Crippen molar-refractivity contribution in [3.05, 3.63) is 72.6 Å². The molecule has 1 aliphatic rings. The van der Waals surface area contributed by atoms with Gasteiger partial charge in [0.2, 0.25) is 0 Å². The molecule has 1 fully saturated rings. The maximum atomic E-state index is 13.4. The molecule has 210 valence electrons. The molecule has 0 spiro atoms. The van der Waals surface area contributed by atoms with Crippen LogP contribution in [0.5, 0.6) is 11.5 Å². The van der Waals surface area contributed by atoms with Crippen LogP contribution in [0, 0.1) is 11.3 Å². The number of likely N-dealkylation sites (tertiary alicyclic amines) is 1. The Morgan fingerprint density at radius 1 is 1.12 bits per heavy atom. The normalized spacial score (nSPS) is 16.1. The van der Waals surface area contributed by atoms with Gasteiger partial charge in [-0.25, -0.2) is 14.6 Å². The Balaban J connectivity index is 1.44. The number of likely N-dealkylation sites (N-methyl/N-ethyl adjacent to an activating group) is 1. The van der Waals surface area contributed by atoms with Gasteiger partial charge in [-0.1, -0.05) is 18.2 Å². The molecule has 4 aromatic rings. The molecule has 0 radical (unpaired) electrons.